The molecule has 0 amide bonds. The van der Waals surface area contributed by atoms with Crippen LogP contribution in [-0.2, 0) is 0 Å². The molecule has 0 saturated carbocycles. The minimum Gasteiger partial charge on any atom is -0.454 e. The van der Waals surface area contributed by atoms with Gasteiger partial charge in [-0.3, -0.25) is 0 Å². The van der Waals surface area contributed by atoms with Crippen molar-refractivity contribution in [3.05, 3.63) is 43.5 Å². The smallest absolute Gasteiger partial charge is 0.231 e. The van der Waals surface area contributed by atoms with Crippen LogP contribution in [0.25, 0.3) is 11.1 Å². The average Bonchev–Trinajstić information content (AvgIpc) is 2.79. The fraction of sp³-hybridized carbons (Fsp3) is 0.0769. The lowest BCUT2D eigenvalue weighted by Gasteiger charge is -2.10. The molecule has 86 valence electrons. The zero-order chi connectivity index (χ0) is 11.8. The molecule has 1 aliphatic rings. The molecule has 1 aliphatic heterocycles. The van der Waals surface area contributed by atoms with Crippen LogP contribution < -0.4 is 9.47 Å². The first-order valence-electron chi connectivity index (χ1n) is 5.10. The maximum Gasteiger partial charge on any atom is 0.231 e. The molecule has 4 heteroatoms. The number of halogens is 2. The standard InChI is InChI=1S/C13H8I2O2/c14-9-4-2-1-3-8(9)12-10(15)5-6-11-13(12)17-7-16-11/h1-6H,7H2. The molecule has 0 bridgehead atoms. The van der Waals surface area contributed by atoms with Crippen LogP contribution in [0.4, 0.5) is 0 Å². The lowest BCUT2D eigenvalue weighted by molar-refractivity contribution is 0.174. The Morgan fingerprint density at radius 3 is 2.53 bits per heavy atom. The Kier molecular flexibility index (Phi) is 3.16. The van der Waals surface area contributed by atoms with Gasteiger partial charge in [0.2, 0.25) is 6.79 Å². The lowest BCUT2D eigenvalue weighted by Crippen LogP contribution is -1.94. The average molecular weight is 450 g/mol. The van der Waals surface area contributed by atoms with Crippen molar-refractivity contribution in [1.29, 1.82) is 0 Å². The molecular formula is C13H8I2O2. The number of fused-ring (bicyclic) bond motifs is 1. The topological polar surface area (TPSA) is 18.5 Å². The van der Waals surface area contributed by atoms with Crippen molar-refractivity contribution in [2.24, 2.45) is 0 Å². The molecule has 0 N–H and O–H groups in total. The summed E-state index contributed by atoms with van der Waals surface area (Å²) in [4.78, 5) is 0. The van der Waals surface area contributed by atoms with E-state index in [2.05, 4.69) is 63.4 Å². The third-order valence-corrected chi connectivity index (χ3v) is 4.47. The molecule has 17 heavy (non-hydrogen) atoms. The zero-order valence-electron chi connectivity index (χ0n) is 8.74. The molecule has 3 rings (SSSR count). The van der Waals surface area contributed by atoms with Gasteiger partial charge in [-0.15, -0.1) is 0 Å². The van der Waals surface area contributed by atoms with Gasteiger partial charge in [-0.2, -0.15) is 0 Å². The third kappa shape index (κ3) is 2.01. The molecule has 0 unspecified atom stereocenters. The molecule has 1 heterocycles. The van der Waals surface area contributed by atoms with E-state index in [9.17, 15) is 0 Å². The summed E-state index contributed by atoms with van der Waals surface area (Å²) in [6.07, 6.45) is 0. The second-order valence-electron chi connectivity index (χ2n) is 3.64. The molecular weight excluding hydrogens is 442 g/mol. The maximum atomic E-state index is 5.59. The molecule has 2 nitrogen and oxygen atoms in total. The molecule has 2 aromatic rings. The highest BCUT2D eigenvalue weighted by Gasteiger charge is 2.22. The van der Waals surface area contributed by atoms with Crippen molar-refractivity contribution in [2.75, 3.05) is 6.79 Å². The normalized spacial score (nSPS) is 12.8. The first kappa shape index (κ1) is 11.6. The summed E-state index contributed by atoms with van der Waals surface area (Å²) in [7, 11) is 0. The van der Waals surface area contributed by atoms with Crippen LogP contribution in [0.5, 0.6) is 11.5 Å². The largest absolute Gasteiger partial charge is 0.454 e. The fourth-order valence-corrected chi connectivity index (χ4v) is 3.24. The van der Waals surface area contributed by atoms with Gasteiger partial charge in [0.05, 0.1) is 0 Å². The van der Waals surface area contributed by atoms with Crippen molar-refractivity contribution in [3.8, 4) is 22.6 Å². The van der Waals surface area contributed by atoms with Crippen LogP contribution in [0.15, 0.2) is 36.4 Å². The number of hydrogen-bond donors (Lipinski definition) is 0. The molecule has 0 saturated heterocycles. The molecule has 0 spiro atoms. The monoisotopic (exact) mass is 450 g/mol. The molecule has 0 atom stereocenters. The summed E-state index contributed by atoms with van der Waals surface area (Å²) >= 11 is 4.68. The Hall–Kier alpha value is -0.500. The van der Waals surface area contributed by atoms with Gasteiger partial charge in [-0.1, -0.05) is 18.2 Å². The molecule has 0 aliphatic carbocycles. The Balaban J connectivity index is 2.28. The van der Waals surface area contributed by atoms with Crippen molar-refractivity contribution in [2.45, 2.75) is 0 Å². The predicted octanol–water partition coefficient (Wildman–Crippen LogP) is 4.29. The van der Waals surface area contributed by atoms with E-state index < -0.39 is 0 Å². The molecule has 0 fully saturated rings. The van der Waals surface area contributed by atoms with E-state index in [0.717, 1.165) is 17.1 Å². The highest BCUT2D eigenvalue weighted by molar-refractivity contribution is 14.1. The van der Waals surface area contributed by atoms with Gasteiger partial charge in [-0.25, -0.2) is 0 Å². The first-order valence-corrected chi connectivity index (χ1v) is 7.26. The van der Waals surface area contributed by atoms with Gasteiger partial charge in [0.1, 0.15) is 0 Å². The van der Waals surface area contributed by atoms with Crippen LogP contribution in [0, 0.1) is 7.14 Å². The Bertz CT molecular complexity index is 582. The van der Waals surface area contributed by atoms with Gasteiger partial charge in [-0.05, 0) is 68.9 Å². The van der Waals surface area contributed by atoms with E-state index in [1.165, 1.54) is 12.7 Å². The number of rotatable bonds is 1. The van der Waals surface area contributed by atoms with Crippen molar-refractivity contribution >= 4 is 45.2 Å². The van der Waals surface area contributed by atoms with Crippen molar-refractivity contribution < 1.29 is 9.47 Å². The fourth-order valence-electron chi connectivity index (χ4n) is 1.86. The van der Waals surface area contributed by atoms with E-state index >= 15 is 0 Å². The number of benzene rings is 2. The summed E-state index contributed by atoms with van der Waals surface area (Å²) in [5.74, 6) is 1.70. The first-order chi connectivity index (χ1) is 8.27. The van der Waals surface area contributed by atoms with Gasteiger partial charge in [0.15, 0.2) is 11.5 Å². The molecule has 0 aromatic heterocycles. The van der Waals surface area contributed by atoms with Gasteiger partial charge in [0.25, 0.3) is 0 Å². The van der Waals surface area contributed by atoms with E-state index in [0.29, 0.717) is 6.79 Å². The Morgan fingerprint density at radius 1 is 0.882 bits per heavy atom. The van der Waals surface area contributed by atoms with Crippen LogP contribution in [0.1, 0.15) is 0 Å². The second-order valence-corrected chi connectivity index (χ2v) is 5.96. The predicted molar refractivity (Wildman–Crippen MR) is 83.4 cm³/mol. The van der Waals surface area contributed by atoms with Crippen molar-refractivity contribution in [1.82, 2.24) is 0 Å². The van der Waals surface area contributed by atoms with Gasteiger partial charge >= 0.3 is 0 Å². The summed E-state index contributed by atoms with van der Waals surface area (Å²) in [5.41, 5.74) is 2.32. The van der Waals surface area contributed by atoms with Crippen LogP contribution in [0.2, 0.25) is 0 Å². The third-order valence-electron chi connectivity index (χ3n) is 2.63. The Morgan fingerprint density at radius 2 is 1.71 bits per heavy atom. The summed E-state index contributed by atoms with van der Waals surface area (Å²) in [6, 6.07) is 12.3. The molecule has 2 aromatic carbocycles. The van der Waals surface area contributed by atoms with Crippen LogP contribution >= 0.6 is 45.2 Å². The van der Waals surface area contributed by atoms with Gasteiger partial charge in [0, 0.05) is 12.7 Å². The zero-order valence-corrected chi connectivity index (χ0v) is 13.1. The van der Waals surface area contributed by atoms with Crippen LogP contribution in [-0.4, -0.2) is 6.79 Å². The summed E-state index contributed by atoms with van der Waals surface area (Å²) in [6.45, 7) is 0.311. The van der Waals surface area contributed by atoms with Crippen molar-refractivity contribution in [3.63, 3.8) is 0 Å². The number of ether oxygens (including phenoxy) is 2. The molecule has 0 radical (unpaired) electrons. The minimum atomic E-state index is 0.311. The summed E-state index contributed by atoms with van der Waals surface area (Å²) < 4.78 is 13.4. The minimum absolute atomic E-state index is 0.311. The maximum absolute atomic E-state index is 5.59. The lowest BCUT2D eigenvalue weighted by atomic mass is 10.0. The second kappa shape index (κ2) is 4.64. The SMILES string of the molecule is Ic1ccccc1-c1c(I)ccc2c1OCO2. The summed E-state index contributed by atoms with van der Waals surface area (Å²) in [5, 5.41) is 0. The van der Waals surface area contributed by atoms with Crippen LogP contribution in [0.3, 0.4) is 0 Å². The highest BCUT2D eigenvalue weighted by atomic mass is 127. The number of hydrogen-bond acceptors (Lipinski definition) is 2. The Labute approximate surface area is 127 Å². The van der Waals surface area contributed by atoms with E-state index in [1.807, 2.05) is 18.2 Å². The van der Waals surface area contributed by atoms with E-state index in [4.69, 9.17) is 9.47 Å². The quantitative estimate of drug-likeness (QED) is 0.604. The van der Waals surface area contributed by atoms with E-state index in [-0.39, 0.29) is 0 Å². The highest BCUT2D eigenvalue weighted by Crippen LogP contribution is 2.44. The van der Waals surface area contributed by atoms with E-state index in [1.54, 1.807) is 0 Å². The van der Waals surface area contributed by atoms with Gasteiger partial charge < -0.3 is 9.47 Å².